The lowest BCUT2D eigenvalue weighted by atomic mass is 9.93. The molecule has 1 aliphatic rings. The van der Waals surface area contributed by atoms with Crippen molar-refractivity contribution in [1.29, 1.82) is 0 Å². The Morgan fingerprint density at radius 3 is 2.31 bits per heavy atom. The normalized spacial score (nSPS) is 17.2. The number of ketones is 1. The Labute approximate surface area is 204 Å². The van der Waals surface area contributed by atoms with E-state index in [1.807, 2.05) is 30.3 Å². The molecule has 7 nitrogen and oxygen atoms in total. The minimum absolute atomic E-state index is 0.0236. The molecule has 35 heavy (non-hydrogen) atoms. The van der Waals surface area contributed by atoms with Crippen molar-refractivity contribution in [3.63, 3.8) is 0 Å². The van der Waals surface area contributed by atoms with Gasteiger partial charge in [0, 0.05) is 11.8 Å². The third-order valence-corrected chi connectivity index (χ3v) is 6.17. The van der Waals surface area contributed by atoms with Gasteiger partial charge in [-0.25, -0.2) is 0 Å². The maximum Gasteiger partial charge on any atom is 0.296 e. The quantitative estimate of drug-likeness (QED) is 0.301. The average molecular weight is 473 g/mol. The first-order chi connectivity index (χ1) is 16.8. The number of ether oxygens (including phenoxy) is 2. The SMILES string of the molecule is COc1ccc(/C(O)=C2/C(=O)C(=O)N(Cc3ccccn3)C2c2ccc(C(C)C)cc2)cc1OC. The van der Waals surface area contributed by atoms with Crippen LogP contribution in [0.4, 0.5) is 0 Å². The van der Waals surface area contributed by atoms with E-state index in [1.165, 1.54) is 19.1 Å². The van der Waals surface area contributed by atoms with E-state index in [1.54, 1.807) is 36.5 Å². The van der Waals surface area contributed by atoms with Crippen molar-refractivity contribution in [2.75, 3.05) is 14.2 Å². The molecule has 0 aliphatic carbocycles. The minimum atomic E-state index is -0.772. The van der Waals surface area contributed by atoms with Gasteiger partial charge in [0.25, 0.3) is 11.7 Å². The molecule has 1 saturated heterocycles. The number of hydrogen-bond donors (Lipinski definition) is 1. The first-order valence-electron chi connectivity index (χ1n) is 11.4. The molecule has 3 aromatic rings. The Bertz CT molecular complexity index is 1270. The summed E-state index contributed by atoms with van der Waals surface area (Å²) in [7, 11) is 3.01. The summed E-state index contributed by atoms with van der Waals surface area (Å²) in [5, 5.41) is 11.3. The number of carbonyl (C=O) groups excluding carboxylic acids is 2. The number of aromatic nitrogens is 1. The van der Waals surface area contributed by atoms with Crippen molar-refractivity contribution in [3.8, 4) is 11.5 Å². The molecule has 0 bridgehead atoms. The summed E-state index contributed by atoms with van der Waals surface area (Å²) in [5.74, 6) is -0.485. The summed E-state index contributed by atoms with van der Waals surface area (Å²) >= 11 is 0. The molecule has 1 amide bonds. The van der Waals surface area contributed by atoms with Crippen molar-refractivity contribution < 1.29 is 24.2 Å². The highest BCUT2D eigenvalue weighted by Crippen LogP contribution is 2.41. The van der Waals surface area contributed by atoms with Gasteiger partial charge < -0.3 is 19.5 Å². The van der Waals surface area contributed by atoms with Crippen LogP contribution in [0.2, 0.25) is 0 Å². The standard InChI is InChI=1S/C28H28N2O5/c1-17(2)18-8-10-19(11-9-18)25-24(26(31)20-12-13-22(34-3)23(15-20)35-4)27(32)28(33)30(25)16-21-7-5-6-14-29-21/h5-15,17,25,31H,16H2,1-4H3/b26-24-. The van der Waals surface area contributed by atoms with Crippen LogP contribution in [-0.2, 0) is 16.1 Å². The van der Waals surface area contributed by atoms with Gasteiger partial charge in [0.15, 0.2) is 11.5 Å². The van der Waals surface area contributed by atoms with Gasteiger partial charge in [-0.15, -0.1) is 0 Å². The number of methoxy groups -OCH3 is 2. The first-order valence-corrected chi connectivity index (χ1v) is 11.4. The fourth-order valence-electron chi connectivity index (χ4n) is 4.26. The van der Waals surface area contributed by atoms with Crippen LogP contribution < -0.4 is 9.47 Å². The van der Waals surface area contributed by atoms with Crippen molar-refractivity contribution >= 4 is 17.4 Å². The molecule has 1 unspecified atom stereocenters. The molecule has 4 rings (SSSR count). The molecular weight excluding hydrogens is 444 g/mol. The van der Waals surface area contributed by atoms with Crippen LogP contribution in [0, 0.1) is 0 Å². The number of aliphatic hydroxyl groups excluding tert-OH is 1. The van der Waals surface area contributed by atoms with E-state index in [-0.39, 0.29) is 17.9 Å². The van der Waals surface area contributed by atoms with E-state index < -0.39 is 17.7 Å². The number of likely N-dealkylation sites (tertiary alicyclic amines) is 1. The van der Waals surface area contributed by atoms with Gasteiger partial charge in [0.2, 0.25) is 0 Å². The molecular formula is C28H28N2O5. The zero-order chi connectivity index (χ0) is 25.1. The fourth-order valence-corrected chi connectivity index (χ4v) is 4.26. The Hall–Kier alpha value is -4.13. The fraction of sp³-hybridized carbons (Fsp3) is 0.250. The molecule has 0 spiro atoms. The van der Waals surface area contributed by atoms with E-state index in [2.05, 4.69) is 18.8 Å². The van der Waals surface area contributed by atoms with Gasteiger partial charge >= 0.3 is 0 Å². The molecule has 2 aromatic carbocycles. The first kappa shape index (κ1) is 24.0. The van der Waals surface area contributed by atoms with Crippen LogP contribution >= 0.6 is 0 Å². The second-order valence-electron chi connectivity index (χ2n) is 8.64. The van der Waals surface area contributed by atoms with Gasteiger partial charge in [-0.3, -0.25) is 14.6 Å². The topological polar surface area (TPSA) is 89.0 Å². The molecule has 1 N–H and O–H groups in total. The van der Waals surface area contributed by atoms with Crippen molar-refractivity contribution in [1.82, 2.24) is 9.88 Å². The van der Waals surface area contributed by atoms with Gasteiger partial charge in [-0.2, -0.15) is 0 Å². The molecule has 1 aromatic heterocycles. The maximum absolute atomic E-state index is 13.3. The zero-order valence-electron chi connectivity index (χ0n) is 20.2. The van der Waals surface area contributed by atoms with Gasteiger partial charge in [-0.1, -0.05) is 44.2 Å². The Morgan fingerprint density at radius 1 is 1.00 bits per heavy atom. The lowest BCUT2D eigenvalue weighted by molar-refractivity contribution is -0.140. The summed E-state index contributed by atoms with van der Waals surface area (Å²) < 4.78 is 10.6. The molecule has 1 fully saturated rings. The summed E-state index contributed by atoms with van der Waals surface area (Å²) in [4.78, 5) is 32.3. The number of benzene rings is 2. The molecule has 0 radical (unpaired) electrons. The highest BCUT2D eigenvalue weighted by molar-refractivity contribution is 6.46. The number of rotatable bonds is 7. The number of carbonyl (C=O) groups is 2. The summed E-state index contributed by atoms with van der Waals surface area (Å²) in [6.45, 7) is 4.32. The smallest absolute Gasteiger partial charge is 0.296 e. The van der Waals surface area contributed by atoms with Crippen LogP contribution in [0.3, 0.4) is 0 Å². The minimum Gasteiger partial charge on any atom is -0.507 e. The van der Waals surface area contributed by atoms with Crippen molar-refractivity contribution in [2.45, 2.75) is 32.4 Å². The number of aliphatic hydroxyl groups is 1. The largest absolute Gasteiger partial charge is 0.507 e. The Balaban J connectivity index is 1.86. The third-order valence-electron chi connectivity index (χ3n) is 6.17. The van der Waals surface area contributed by atoms with E-state index in [0.29, 0.717) is 28.7 Å². The van der Waals surface area contributed by atoms with Gasteiger partial charge in [0.1, 0.15) is 5.76 Å². The molecule has 180 valence electrons. The number of hydrogen-bond acceptors (Lipinski definition) is 6. The summed E-state index contributed by atoms with van der Waals surface area (Å²) in [5.41, 5.74) is 2.88. The number of pyridine rings is 1. The highest BCUT2D eigenvalue weighted by Gasteiger charge is 2.46. The predicted octanol–water partition coefficient (Wildman–Crippen LogP) is 4.84. The van der Waals surface area contributed by atoms with Crippen LogP contribution in [-0.4, -0.2) is 40.9 Å². The lowest BCUT2D eigenvalue weighted by Gasteiger charge is -2.25. The Morgan fingerprint density at radius 2 is 1.71 bits per heavy atom. The van der Waals surface area contributed by atoms with Crippen LogP contribution in [0.25, 0.3) is 5.76 Å². The van der Waals surface area contributed by atoms with E-state index in [4.69, 9.17) is 9.47 Å². The van der Waals surface area contributed by atoms with E-state index >= 15 is 0 Å². The van der Waals surface area contributed by atoms with Gasteiger partial charge in [-0.05, 0) is 47.4 Å². The van der Waals surface area contributed by atoms with Crippen molar-refractivity contribution in [3.05, 3.63) is 94.8 Å². The predicted molar refractivity (Wildman–Crippen MR) is 132 cm³/mol. The number of Topliss-reactive ketones (excluding diaryl/α,β-unsaturated/α-hetero) is 1. The molecule has 2 heterocycles. The third kappa shape index (κ3) is 4.62. The van der Waals surface area contributed by atoms with Crippen LogP contribution in [0.15, 0.2) is 72.4 Å². The summed E-state index contributed by atoms with van der Waals surface area (Å²) in [6, 6.07) is 17.3. The maximum atomic E-state index is 13.3. The van der Waals surface area contributed by atoms with E-state index in [0.717, 1.165) is 11.1 Å². The molecule has 1 aliphatic heterocycles. The average Bonchev–Trinajstić information content (AvgIpc) is 3.13. The lowest BCUT2D eigenvalue weighted by Crippen LogP contribution is -2.29. The second kappa shape index (κ2) is 10.0. The van der Waals surface area contributed by atoms with E-state index in [9.17, 15) is 14.7 Å². The second-order valence-corrected chi connectivity index (χ2v) is 8.64. The molecule has 7 heteroatoms. The number of nitrogens with zero attached hydrogens (tertiary/aromatic N) is 2. The van der Waals surface area contributed by atoms with Crippen LogP contribution in [0.5, 0.6) is 11.5 Å². The monoisotopic (exact) mass is 472 g/mol. The summed E-state index contributed by atoms with van der Waals surface area (Å²) in [6.07, 6.45) is 1.64. The molecule has 1 atom stereocenters. The van der Waals surface area contributed by atoms with Crippen molar-refractivity contribution in [2.24, 2.45) is 0 Å². The highest BCUT2D eigenvalue weighted by atomic mass is 16.5. The Kier molecular flexibility index (Phi) is 6.87. The molecule has 0 saturated carbocycles. The van der Waals surface area contributed by atoms with Crippen LogP contribution in [0.1, 0.15) is 48.2 Å². The van der Waals surface area contributed by atoms with Gasteiger partial charge in [0.05, 0.1) is 38.1 Å². The number of amides is 1. The zero-order valence-corrected chi connectivity index (χ0v) is 20.2.